The van der Waals surface area contributed by atoms with E-state index in [1.54, 1.807) is 0 Å². The first-order valence-electron chi connectivity index (χ1n) is 4.34. The molecule has 0 aliphatic carbocycles. The first-order valence-corrected chi connectivity index (χ1v) is 5.25. The first-order chi connectivity index (χ1) is 7.54. The van der Waals surface area contributed by atoms with Gasteiger partial charge in [0.2, 0.25) is 5.91 Å². The number of halogens is 2. The standard InChI is InChI=1S/C9H8Cl2N2O3/c10-4-3-9(14)12-7-2-1-6(11)5-8(7)13(15)16/h1-2,5H,3-4H2,(H,12,14). The van der Waals surface area contributed by atoms with Crippen LogP contribution in [0.2, 0.25) is 5.02 Å². The van der Waals surface area contributed by atoms with Crippen molar-refractivity contribution < 1.29 is 9.72 Å². The second-order valence-corrected chi connectivity index (χ2v) is 3.72. The van der Waals surface area contributed by atoms with Gasteiger partial charge in [-0.25, -0.2) is 0 Å². The van der Waals surface area contributed by atoms with Crippen molar-refractivity contribution in [1.82, 2.24) is 0 Å². The molecule has 0 aromatic heterocycles. The summed E-state index contributed by atoms with van der Waals surface area (Å²) >= 11 is 11.0. The van der Waals surface area contributed by atoms with Crippen LogP contribution in [0.5, 0.6) is 0 Å². The van der Waals surface area contributed by atoms with Gasteiger partial charge in [-0.2, -0.15) is 0 Å². The van der Waals surface area contributed by atoms with Crippen LogP contribution in [0.3, 0.4) is 0 Å². The molecule has 0 bridgehead atoms. The zero-order valence-electron chi connectivity index (χ0n) is 8.07. The molecule has 0 unspecified atom stereocenters. The van der Waals surface area contributed by atoms with Gasteiger partial charge in [0.25, 0.3) is 5.69 Å². The van der Waals surface area contributed by atoms with Crippen LogP contribution in [0.4, 0.5) is 11.4 Å². The average molecular weight is 263 g/mol. The Kier molecular flexibility index (Phi) is 4.52. The highest BCUT2D eigenvalue weighted by Crippen LogP contribution is 2.27. The number of anilines is 1. The summed E-state index contributed by atoms with van der Waals surface area (Å²) in [5.41, 5.74) is -0.125. The molecule has 0 aliphatic rings. The van der Waals surface area contributed by atoms with E-state index in [0.717, 1.165) is 0 Å². The number of hydrogen-bond donors (Lipinski definition) is 1. The molecule has 0 aliphatic heterocycles. The fourth-order valence-corrected chi connectivity index (χ4v) is 1.40. The molecule has 1 rings (SSSR count). The number of hydrogen-bond acceptors (Lipinski definition) is 3. The van der Waals surface area contributed by atoms with Crippen molar-refractivity contribution in [2.24, 2.45) is 0 Å². The Balaban J connectivity index is 2.95. The number of alkyl halides is 1. The van der Waals surface area contributed by atoms with Crippen molar-refractivity contribution in [3.63, 3.8) is 0 Å². The maximum absolute atomic E-state index is 11.2. The first kappa shape index (κ1) is 12.7. The van der Waals surface area contributed by atoms with Crippen LogP contribution in [0.25, 0.3) is 0 Å². The molecule has 1 aromatic carbocycles. The third-order valence-electron chi connectivity index (χ3n) is 1.75. The fraction of sp³-hybridized carbons (Fsp3) is 0.222. The van der Waals surface area contributed by atoms with Crippen LogP contribution < -0.4 is 5.32 Å². The summed E-state index contributed by atoms with van der Waals surface area (Å²) in [7, 11) is 0. The predicted octanol–water partition coefficient (Wildman–Crippen LogP) is 2.82. The number of carbonyl (C=O) groups excluding carboxylic acids is 1. The molecular formula is C9H8Cl2N2O3. The Morgan fingerprint density at radius 2 is 2.19 bits per heavy atom. The van der Waals surface area contributed by atoms with Gasteiger partial charge in [0.15, 0.2) is 0 Å². The van der Waals surface area contributed by atoms with Crippen molar-refractivity contribution in [3.8, 4) is 0 Å². The Morgan fingerprint density at radius 3 is 2.75 bits per heavy atom. The smallest absolute Gasteiger partial charge is 0.294 e. The maximum atomic E-state index is 11.2. The van der Waals surface area contributed by atoms with E-state index in [9.17, 15) is 14.9 Å². The fourth-order valence-electron chi connectivity index (χ4n) is 1.06. The molecule has 0 saturated carbocycles. The van der Waals surface area contributed by atoms with E-state index in [4.69, 9.17) is 23.2 Å². The minimum Gasteiger partial charge on any atom is -0.320 e. The monoisotopic (exact) mass is 262 g/mol. The molecule has 0 spiro atoms. The molecule has 7 heteroatoms. The van der Waals surface area contributed by atoms with E-state index >= 15 is 0 Å². The van der Waals surface area contributed by atoms with Crippen LogP contribution in [-0.4, -0.2) is 16.7 Å². The van der Waals surface area contributed by atoms with Gasteiger partial charge in [-0.05, 0) is 12.1 Å². The van der Waals surface area contributed by atoms with Crippen molar-refractivity contribution in [3.05, 3.63) is 33.3 Å². The van der Waals surface area contributed by atoms with Crippen molar-refractivity contribution >= 4 is 40.5 Å². The summed E-state index contributed by atoms with van der Waals surface area (Å²) < 4.78 is 0. The molecule has 0 heterocycles. The molecular weight excluding hydrogens is 255 g/mol. The number of rotatable bonds is 4. The van der Waals surface area contributed by atoms with Crippen molar-refractivity contribution in [1.29, 1.82) is 0 Å². The van der Waals surface area contributed by atoms with Gasteiger partial charge in [0.1, 0.15) is 5.69 Å². The zero-order valence-corrected chi connectivity index (χ0v) is 9.59. The Hall–Kier alpha value is -1.33. The minimum atomic E-state index is -0.609. The second-order valence-electron chi connectivity index (χ2n) is 2.91. The van der Waals surface area contributed by atoms with E-state index in [-0.39, 0.29) is 34.6 Å². The van der Waals surface area contributed by atoms with E-state index in [1.165, 1.54) is 18.2 Å². The summed E-state index contributed by atoms with van der Waals surface area (Å²) in [5.74, 6) is -0.215. The molecule has 0 fully saturated rings. The highest BCUT2D eigenvalue weighted by Gasteiger charge is 2.15. The van der Waals surface area contributed by atoms with Gasteiger partial charge < -0.3 is 5.32 Å². The van der Waals surface area contributed by atoms with Crippen LogP contribution in [0.15, 0.2) is 18.2 Å². The van der Waals surface area contributed by atoms with Crippen molar-refractivity contribution in [2.75, 3.05) is 11.2 Å². The molecule has 5 nitrogen and oxygen atoms in total. The lowest BCUT2D eigenvalue weighted by Gasteiger charge is -2.04. The summed E-state index contributed by atoms with van der Waals surface area (Å²) in [5, 5.41) is 13.3. The van der Waals surface area contributed by atoms with Crippen molar-refractivity contribution in [2.45, 2.75) is 6.42 Å². The third kappa shape index (κ3) is 3.36. The second kappa shape index (κ2) is 5.67. The molecule has 0 radical (unpaired) electrons. The summed E-state index contributed by atoms with van der Waals surface area (Å²) in [4.78, 5) is 21.3. The third-order valence-corrected chi connectivity index (χ3v) is 2.18. The topological polar surface area (TPSA) is 72.2 Å². The minimum absolute atomic E-state index is 0.0985. The van der Waals surface area contributed by atoms with Crippen LogP contribution in [0, 0.1) is 10.1 Å². The number of carbonyl (C=O) groups is 1. The maximum Gasteiger partial charge on any atom is 0.294 e. The number of amides is 1. The SMILES string of the molecule is O=C(CCCl)Nc1ccc(Cl)cc1[N+](=O)[O-]. The molecule has 1 amide bonds. The van der Waals surface area contributed by atoms with Gasteiger partial charge in [0.05, 0.1) is 4.92 Å². The molecule has 0 atom stereocenters. The van der Waals surface area contributed by atoms with E-state index in [1.807, 2.05) is 0 Å². The van der Waals surface area contributed by atoms with Gasteiger partial charge in [0, 0.05) is 23.4 Å². The van der Waals surface area contributed by atoms with E-state index < -0.39 is 4.92 Å². The average Bonchev–Trinajstić information content (AvgIpc) is 2.20. The highest BCUT2D eigenvalue weighted by molar-refractivity contribution is 6.31. The number of nitrogens with zero attached hydrogens (tertiary/aromatic N) is 1. The zero-order chi connectivity index (χ0) is 12.1. The summed E-state index contributed by atoms with van der Waals surface area (Å²) in [6.45, 7) is 0. The number of nitro groups is 1. The number of benzene rings is 1. The van der Waals surface area contributed by atoms with E-state index in [2.05, 4.69) is 5.32 Å². The lowest BCUT2D eigenvalue weighted by molar-refractivity contribution is -0.383. The largest absolute Gasteiger partial charge is 0.320 e. The van der Waals surface area contributed by atoms with Crippen LogP contribution in [0.1, 0.15) is 6.42 Å². The Bertz CT molecular complexity index is 423. The van der Waals surface area contributed by atoms with Gasteiger partial charge in [-0.3, -0.25) is 14.9 Å². The Morgan fingerprint density at radius 1 is 1.50 bits per heavy atom. The molecule has 1 N–H and O–H groups in total. The quantitative estimate of drug-likeness (QED) is 0.515. The lowest BCUT2D eigenvalue weighted by atomic mass is 10.2. The van der Waals surface area contributed by atoms with E-state index in [0.29, 0.717) is 0 Å². The van der Waals surface area contributed by atoms with Gasteiger partial charge in [-0.15, -0.1) is 11.6 Å². The molecule has 1 aromatic rings. The molecule has 16 heavy (non-hydrogen) atoms. The van der Waals surface area contributed by atoms with Crippen LogP contribution >= 0.6 is 23.2 Å². The molecule has 86 valence electrons. The number of nitro benzene ring substituents is 1. The van der Waals surface area contributed by atoms with Gasteiger partial charge in [-0.1, -0.05) is 11.6 Å². The summed E-state index contributed by atoms with van der Waals surface area (Å²) in [6.07, 6.45) is 0.0985. The highest BCUT2D eigenvalue weighted by atomic mass is 35.5. The lowest BCUT2D eigenvalue weighted by Crippen LogP contribution is -2.12. The Labute approximate surface area is 101 Å². The normalized spacial score (nSPS) is 9.88. The van der Waals surface area contributed by atoms with Gasteiger partial charge >= 0.3 is 0 Å². The predicted molar refractivity (Wildman–Crippen MR) is 62.1 cm³/mol. The van der Waals surface area contributed by atoms with Crippen LogP contribution in [-0.2, 0) is 4.79 Å². The summed E-state index contributed by atoms with van der Waals surface area (Å²) in [6, 6.07) is 4.02. The molecule has 0 saturated heterocycles. The number of nitrogens with one attached hydrogen (secondary N) is 1.